The summed E-state index contributed by atoms with van der Waals surface area (Å²) in [5, 5.41) is 26.9. The summed E-state index contributed by atoms with van der Waals surface area (Å²) < 4.78 is 10.1. The predicted molar refractivity (Wildman–Crippen MR) is 39.4 cm³/mol. The minimum Gasteiger partial charge on any atom is -0.394 e. The molecule has 0 aromatic carbocycles. The molecule has 1 heterocycles. The van der Waals surface area contributed by atoms with Crippen molar-refractivity contribution in [3.05, 3.63) is 0 Å². The summed E-state index contributed by atoms with van der Waals surface area (Å²) >= 11 is 0. The van der Waals surface area contributed by atoms with Crippen LogP contribution >= 0.6 is 0 Å². The zero-order chi connectivity index (χ0) is 9.14. The molecular formula is C7H14O5. The molecule has 2 unspecified atom stereocenters. The van der Waals surface area contributed by atoms with Crippen molar-refractivity contribution in [1.82, 2.24) is 0 Å². The highest BCUT2D eigenvalue weighted by molar-refractivity contribution is 4.80. The smallest absolute Gasteiger partial charge is 0.156 e. The topological polar surface area (TPSA) is 79.2 Å². The zero-order valence-corrected chi connectivity index (χ0v) is 6.88. The highest BCUT2D eigenvalue weighted by Crippen LogP contribution is 2.18. The van der Waals surface area contributed by atoms with Crippen LogP contribution in [0, 0.1) is 0 Å². The van der Waals surface area contributed by atoms with E-state index in [4.69, 9.17) is 19.7 Å². The van der Waals surface area contributed by atoms with Crippen LogP contribution < -0.4 is 0 Å². The van der Waals surface area contributed by atoms with Gasteiger partial charge in [0.05, 0.1) is 13.2 Å². The van der Waals surface area contributed by atoms with E-state index < -0.39 is 24.6 Å². The minimum absolute atomic E-state index is 0.272. The van der Waals surface area contributed by atoms with Crippen LogP contribution in [0.25, 0.3) is 0 Å². The van der Waals surface area contributed by atoms with Gasteiger partial charge in [-0.2, -0.15) is 0 Å². The molecule has 0 saturated carbocycles. The van der Waals surface area contributed by atoms with Crippen LogP contribution in [0.4, 0.5) is 0 Å². The largest absolute Gasteiger partial charge is 0.394 e. The fourth-order valence-corrected chi connectivity index (χ4v) is 1.23. The third-order valence-corrected chi connectivity index (χ3v) is 1.85. The molecule has 0 bridgehead atoms. The van der Waals surface area contributed by atoms with Gasteiger partial charge in [-0.05, 0) is 6.92 Å². The molecule has 0 spiro atoms. The highest BCUT2D eigenvalue weighted by atomic mass is 16.7. The van der Waals surface area contributed by atoms with Gasteiger partial charge in [0.25, 0.3) is 0 Å². The van der Waals surface area contributed by atoms with Gasteiger partial charge in [0, 0.05) is 0 Å². The maximum atomic E-state index is 9.38. The standard InChI is InChI=1S/C7H14O5/c1-4-11-5(2-8)7(10)6(3-9)12-4/h4-10H,2-3H2,1H3. The van der Waals surface area contributed by atoms with Crippen LogP contribution in [-0.2, 0) is 9.47 Å². The normalized spacial score (nSPS) is 43.0. The van der Waals surface area contributed by atoms with Gasteiger partial charge in [0.15, 0.2) is 6.29 Å². The Bertz CT molecular complexity index is 126. The lowest BCUT2D eigenvalue weighted by atomic mass is 10.1. The summed E-state index contributed by atoms with van der Waals surface area (Å²) in [6, 6.07) is 0. The molecule has 1 aliphatic heterocycles. The lowest BCUT2D eigenvalue weighted by Gasteiger charge is -2.36. The van der Waals surface area contributed by atoms with Crippen molar-refractivity contribution in [2.24, 2.45) is 0 Å². The number of aliphatic hydroxyl groups excluding tert-OH is 3. The molecule has 0 radical (unpaired) electrons. The van der Waals surface area contributed by atoms with Crippen molar-refractivity contribution >= 4 is 0 Å². The van der Waals surface area contributed by atoms with Gasteiger partial charge in [0.2, 0.25) is 0 Å². The summed E-state index contributed by atoms with van der Waals surface area (Å²) in [6.07, 6.45) is -2.78. The highest BCUT2D eigenvalue weighted by Gasteiger charge is 2.35. The summed E-state index contributed by atoms with van der Waals surface area (Å²) in [7, 11) is 0. The monoisotopic (exact) mass is 178 g/mol. The third kappa shape index (κ3) is 1.94. The molecule has 5 nitrogen and oxygen atoms in total. The van der Waals surface area contributed by atoms with Crippen LogP contribution in [0.1, 0.15) is 6.92 Å². The first-order valence-corrected chi connectivity index (χ1v) is 3.89. The predicted octanol–water partition coefficient (Wildman–Crippen LogP) is -1.54. The first-order valence-electron chi connectivity index (χ1n) is 3.89. The lowest BCUT2D eigenvalue weighted by Crippen LogP contribution is -2.52. The molecule has 0 aliphatic carbocycles. The van der Waals surface area contributed by atoms with Crippen molar-refractivity contribution in [3.8, 4) is 0 Å². The van der Waals surface area contributed by atoms with Crippen molar-refractivity contribution in [2.45, 2.75) is 31.5 Å². The summed E-state index contributed by atoms with van der Waals surface area (Å²) in [6.45, 7) is 1.11. The van der Waals surface area contributed by atoms with E-state index in [-0.39, 0.29) is 13.2 Å². The van der Waals surface area contributed by atoms with Crippen molar-refractivity contribution in [3.63, 3.8) is 0 Å². The fourth-order valence-electron chi connectivity index (χ4n) is 1.23. The molecule has 12 heavy (non-hydrogen) atoms. The van der Waals surface area contributed by atoms with Gasteiger partial charge in [-0.15, -0.1) is 0 Å². The quantitative estimate of drug-likeness (QED) is 0.477. The van der Waals surface area contributed by atoms with Crippen LogP contribution in [0.15, 0.2) is 0 Å². The van der Waals surface area contributed by atoms with Crippen molar-refractivity contribution in [2.75, 3.05) is 13.2 Å². The van der Waals surface area contributed by atoms with Crippen molar-refractivity contribution in [1.29, 1.82) is 0 Å². The number of ether oxygens (including phenoxy) is 2. The van der Waals surface area contributed by atoms with Crippen LogP contribution in [0.3, 0.4) is 0 Å². The molecule has 1 saturated heterocycles. The second kappa shape index (κ2) is 4.15. The lowest BCUT2D eigenvalue weighted by molar-refractivity contribution is -0.287. The molecule has 0 aromatic rings. The molecule has 5 heteroatoms. The molecule has 1 rings (SSSR count). The first kappa shape index (κ1) is 9.88. The van der Waals surface area contributed by atoms with E-state index in [0.29, 0.717) is 0 Å². The summed E-state index contributed by atoms with van der Waals surface area (Å²) in [5.74, 6) is 0. The zero-order valence-electron chi connectivity index (χ0n) is 6.88. The van der Waals surface area contributed by atoms with Crippen LogP contribution in [-0.4, -0.2) is 53.1 Å². The molecule has 1 aliphatic rings. The maximum Gasteiger partial charge on any atom is 0.156 e. The van der Waals surface area contributed by atoms with E-state index in [1.807, 2.05) is 0 Å². The molecule has 72 valence electrons. The van der Waals surface area contributed by atoms with E-state index in [0.717, 1.165) is 0 Å². The Hall–Kier alpha value is -0.200. The molecule has 0 amide bonds. The maximum absolute atomic E-state index is 9.38. The van der Waals surface area contributed by atoms with Gasteiger partial charge in [-0.3, -0.25) is 0 Å². The average molecular weight is 178 g/mol. The molecular weight excluding hydrogens is 164 g/mol. The van der Waals surface area contributed by atoms with Gasteiger partial charge in [0.1, 0.15) is 18.3 Å². The Balaban J connectivity index is 2.55. The first-order chi connectivity index (χ1) is 5.69. The third-order valence-electron chi connectivity index (χ3n) is 1.85. The van der Waals surface area contributed by atoms with Gasteiger partial charge < -0.3 is 24.8 Å². The number of aliphatic hydroxyl groups is 3. The van der Waals surface area contributed by atoms with E-state index >= 15 is 0 Å². The average Bonchev–Trinajstić information content (AvgIpc) is 2.08. The van der Waals surface area contributed by atoms with Gasteiger partial charge >= 0.3 is 0 Å². The number of hydrogen-bond donors (Lipinski definition) is 3. The Morgan fingerprint density at radius 1 is 1.08 bits per heavy atom. The SMILES string of the molecule is CC1OC(CO)C(O)C(CO)O1. The molecule has 2 atom stereocenters. The Labute approximate surface area is 70.5 Å². The van der Waals surface area contributed by atoms with E-state index in [1.165, 1.54) is 0 Å². The van der Waals surface area contributed by atoms with Crippen molar-refractivity contribution < 1.29 is 24.8 Å². The minimum atomic E-state index is -0.962. The second-order valence-electron chi connectivity index (χ2n) is 2.77. The molecule has 3 N–H and O–H groups in total. The van der Waals surface area contributed by atoms with E-state index in [9.17, 15) is 5.11 Å². The van der Waals surface area contributed by atoms with E-state index in [2.05, 4.69) is 0 Å². The van der Waals surface area contributed by atoms with Gasteiger partial charge in [-0.1, -0.05) is 0 Å². The Kier molecular flexibility index (Phi) is 3.42. The molecule has 1 fully saturated rings. The summed E-state index contributed by atoms with van der Waals surface area (Å²) in [5.41, 5.74) is 0. The Morgan fingerprint density at radius 2 is 1.50 bits per heavy atom. The van der Waals surface area contributed by atoms with Crippen LogP contribution in [0.5, 0.6) is 0 Å². The van der Waals surface area contributed by atoms with Crippen LogP contribution in [0.2, 0.25) is 0 Å². The summed E-state index contributed by atoms with van der Waals surface area (Å²) in [4.78, 5) is 0. The number of hydrogen-bond acceptors (Lipinski definition) is 5. The number of rotatable bonds is 2. The molecule has 0 aromatic heterocycles. The van der Waals surface area contributed by atoms with Gasteiger partial charge in [-0.25, -0.2) is 0 Å². The van der Waals surface area contributed by atoms with E-state index in [1.54, 1.807) is 6.92 Å². The Morgan fingerprint density at radius 3 is 1.83 bits per heavy atom. The second-order valence-corrected chi connectivity index (χ2v) is 2.77. The fraction of sp³-hybridized carbons (Fsp3) is 1.00.